The van der Waals surface area contributed by atoms with Crippen molar-refractivity contribution in [3.05, 3.63) is 24.2 Å². The molecule has 1 rings (SSSR count). The Bertz CT molecular complexity index is 521. The second-order valence-corrected chi connectivity index (χ2v) is 6.26. The maximum atomic E-state index is 11.8. The van der Waals surface area contributed by atoms with Gasteiger partial charge in [0.25, 0.3) is 0 Å². The summed E-state index contributed by atoms with van der Waals surface area (Å²) in [6, 6.07) is 3.45. The SMILES string of the molecule is CCNC(=NCC(C)(C)C(=O)NC)NCC(C)(O)c1ccco1. The van der Waals surface area contributed by atoms with E-state index in [2.05, 4.69) is 20.9 Å². The molecule has 4 N–H and O–H groups in total. The molecule has 0 aliphatic rings. The average Bonchev–Trinajstić information content (AvgIpc) is 3.04. The van der Waals surface area contributed by atoms with Crippen LogP contribution in [0, 0.1) is 5.41 Å². The van der Waals surface area contributed by atoms with Gasteiger partial charge in [-0.2, -0.15) is 0 Å². The Morgan fingerprint density at radius 1 is 1.35 bits per heavy atom. The van der Waals surface area contributed by atoms with Crippen molar-refractivity contribution in [1.29, 1.82) is 0 Å². The Kier molecular flexibility index (Phi) is 6.62. The summed E-state index contributed by atoms with van der Waals surface area (Å²) in [6.45, 7) is 8.51. The molecule has 7 nitrogen and oxygen atoms in total. The summed E-state index contributed by atoms with van der Waals surface area (Å²) in [5.74, 6) is 0.947. The smallest absolute Gasteiger partial charge is 0.227 e. The van der Waals surface area contributed by atoms with Crippen LogP contribution < -0.4 is 16.0 Å². The standard InChI is InChI=1S/C16H28N4O3/c1-6-18-14(19-10-15(2,3)13(21)17-5)20-11-16(4,22)12-8-7-9-23-12/h7-9,22H,6,10-11H2,1-5H3,(H,17,21)(H2,18,19,20). The maximum Gasteiger partial charge on any atom is 0.227 e. The number of guanidine groups is 1. The summed E-state index contributed by atoms with van der Waals surface area (Å²) in [5.41, 5.74) is -1.77. The van der Waals surface area contributed by atoms with Gasteiger partial charge >= 0.3 is 0 Å². The molecule has 0 saturated heterocycles. The van der Waals surface area contributed by atoms with Crippen LogP contribution in [0.25, 0.3) is 0 Å². The highest BCUT2D eigenvalue weighted by Crippen LogP contribution is 2.20. The summed E-state index contributed by atoms with van der Waals surface area (Å²) in [6.07, 6.45) is 1.52. The number of amides is 1. The molecule has 0 spiro atoms. The number of nitrogens with zero attached hydrogens (tertiary/aromatic N) is 1. The van der Waals surface area contributed by atoms with E-state index in [0.717, 1.165) is 0 Å². The maximum absolute atomic E-state index is 11.8. The zero-order chi connectivity index (χ0) is 17.5. The van der Waals surface area contributed by atoms with E-state index in [1.54, 1.807) is 26.1 Å². The van der Waals surface area contributed by atoms with Gasteiger partial charge in [0.1, 0.15) is 11.4 Å². The second kappa shape index (κ2) is 8.01. The van der Waals surface area contributed by atoms with Gasteiger partial charge in [0.15, 0.2) is 5.96 Å². The number of hydrogen-bond acceptors (Lipinski definition) is 4. The molecule has 1 aromatic heterocycles. The van der Waals surface area contributed by atoms with Gasteiger partial charge in [0, 0.05) is 13.6 Å². The summed E-state index contributed by atoms with van der Waals surface area (Å²) in [7, 11) is 1.61. The molecule has 1 aromatic rings. The van der Waals surface area contributed by atoms with Gasteiger partial charge in [-0.3, -0.25) is 9.79 Å². The summed E-state index contributed by atoms with van der Waals surface area (Å²) in [5, 5.41) is 19.2. The summed E-state index contributed by atoms with van der Waals surface area (Å²) in [4.78, 5) is 16.2. The molecule has 0 aromatic carbocycles. The third-order valence-electron chi connectivity index (χ3n) is 3.47. The van der Waals surface area contributed by atoms with Gasteiger partial charge in [0.05, 0.1) is 24.8 Å². The Hall–Kier alpha value is -2.02. The highest BCUT2D eigenvalue weighted by Gasteiger charge is 2.28. The zero-order valence-electron chi connectivity index (χ0n) is 14.6. The molecule has 0 radical (unpaired) electrons. The number of aliphatic hydroxyl groups is 1. The minimum absolute atomic E-state index is 0.0697. The fraction of sp³-hybridized carbons (Fsp3) is 0.625. The van der Waals surface area contributed by atoms with Gasteiger partial charge in [-0.1, -0.05) is 0 Å². The molecular formula is C16H28N4O3. The van der Waals surface area contributed by atoms with Crippen LogP contribution in [0.3, 0.4) is 0 Å². The van der Waals surface area contributed by atoms with Gasteiger partial charge < -0.3 is 25.5 Å². The molecule has 0 aliphatic carbocycles. The van der Waals surface area contributed by atoms with Crippen LogP contribution in [-0.4, -0.2) is 43.7 Å². The van der Waals surface area contributed by atoms with Gasteiger partial charge in [-0.25, -0.2) is 0 Å². The lowest BCUT2D eigenvalue weighted by atomic mass is 9.93. The molecule has 7 heteroatoms. The van der Waals surface area contributed by atoms with Crippen LogP contribution in [0.2, 0.25) is 0 Å². The molecule has 0 saturated carbocycles. The van der Waals surface area contributed by atoms with Crippen LogP contribution in [0.1, 0.15) is 33.5 Å². The molecule has 1 amide bonds. The molecule has 0 bridgehead atoms. The van der Waals surface area contributed by atoms with Crippen molar-refractivity contribution >= 4 is 11.9 Å². The number of nitrogens with one attached hydrogen (secondary N) is 3. The summed E-state index contributed by atoms with van der Waals surface area (Å²) >= 11 is 0. The quantitative estimate of drug-likeness (QED) is 0.439. The van der Waals surface area contributed by atoms with E-state index in [0.29, 0.717) is 24.8 Å². The first kappa shape index (κ1) is 19.0. The molecule has 1 atom stereocenters. The Balaban J connectivity index is 2.71. The topological polar surface area (TPSA) is 98.9 Å². The van der Waals surface area contributed by atoms with E-state index in [9.17, 15) is 9.90 Å². The Morgan fingerprint density at radius 2 is 2.04 bits per heavy atom. The van der Waals surface area contributed by atoms with E-state index in [1.807, 2.05) is 20.8 Å². The first-order chi connectivity index (χ1) is 10.7. The average molecular weight is 324 g/mol. The van der Waals surface area contributed by atoms with Crippen molar-refractivity contribution < 1.29 is 14.3 Å². The highest BCUT2D eigenvalue weighted by atomic mass is 16.4. The lowest BCUT2D eigenvalue weighted by Gasteiger charge is -2.24. The number of aliphatic imine (C=N–C) groups is 1. The normalized spacial score (nSPS) is 15.0. The van der Waals surface area contributed by atoms with Crippen LogP contribution in [0.4, 0.5) is 0 Å². The molecule has 130 valence electrons. The largest absolute Gasteiger partial charge is 0.466 e. The van der Waals surface area contributed by atoms with E-state index in [4.69, 9.17) is 4.42 Å². The minimum Gasteiger partial charge on any atom is -0.466 e. The second-order valence-electron chi connectivity index (χ2n) is 6.26. The van der Waals surface area contributed by atoms with E-state index >= 15 is 0 Å². The Labute approximate surface area is 137 Å². The van der Waals surface area contributed by atoms with E-state index in [-0.39, 0.29) is 12.5 Å². The monoisotopic (exact) mass is 324 g/mol. The first-order valence-electron chi connectivity index (χ1n) is 7.73. The van der Waals surface area contributed by atoms with Gasteiger partial charge in [-0.15, -0.1) is 0 Å². The third kappa shape index (κ3) is 5.59. The lowest BCUT2D eigenvalue weighted by Crippen LogP contribution is -2.45. The molecule has 0 fully saturated rings. The summed E-state index contributed by atoms with van der Waals surface area (Å²) < 4.78 is 5.25. The van der Waals surface area contributed by atoms with E-state index in [1.165, 1.54) is 6.26 Å². The van der Waals surface area contributed by atoms with Crippen molar-refractivity contribution in [1.82, 2.24) is 16.0 Å². The Morgan fingerprint density at radius 3 is 2.57 bits per heavy atom. The number of carbonyl (C=O) groups excluding carboxylic acids is 1. The number of rotatable bonds is 7. The predicted octanol–water partition coefficient (Wildman–Crippen LogP) is 0.814. The molecule has 23 heavy (non-hydrogen) atoms. The lowest BCUT2D eigenvalue weighted by molar-refractivity contribution is -0.128. The molecule has 0 aliphatic heterocycles. The molecule has 1 unspecified atom stereocenters. The third-order valence-corrected chi connectivity index (χ3v) is 3.47. The highest BCUT2D eigenvalue weighted by molar-refractivity contribution is 5.83. The van der Waals surface area contributed by atoms with Crippen LogP contribution in [0.15, 0.2) is 27.8 Å². The van der Waals surface area contributed by atoms with Crippen LogP contribution >= 0.6 is 0 Å². The van der Waals surface area contributed by atoms with Crippen molar-refractivity contribution in [2.75, 3.05) is 26.7 Å². The van der Waals surface area contributed by atoms with Crippen molar-refractivity contribution in [3.63, 3.8) is 0 Å². The van der Waals surface area contributed by atoms with Gasteiger partial charge in [0.2, 0.25) is 5.91 Å². The van der Waals surface area contributed by atoms with Crippen LogP contribution in [-0.2, 0) is 10.4 Å². The molecular weight excluding hydrogens is 296 g/mol. The fourth-order valence-electron chi connectivity index (χ4n) is 1.96. The van der Waals surface area contributed by atoms with Crippen molar-refractivity contribution in [3.8, 4) is 0 Å². The zero-order valence-corrected chi connectivity index (χ0v) is 14.6. The predicted molar refractivity (Wildman–Crippen MR) is 90.1 cm³/mol. The fourth-order valence-corrected chi connectivity index (χ4v) is 1.96. The van der Waals surface area contributed by atoms with Crippen molar-refractivity contribution in [2.24, 2.45) is 10.4 Å². The number of carbonyl (C=O) groups is 1. The van der Waals surface area contributed by atoms with Crippen molar-refractivity contribution in [2.45, 2.75) is 33.3 Å². The minimum atomic E-state index is -1.16. The van der Waals surface area contributed by atoms with Gasteiger partial charge in [-0.05, 0) is 39.8 Å². The number of furan rings is 1. The molecule has 1 heterocycles. The van der Waals surface area contributed by atoms with E-state index < -0.39 is 11.0 Å². The number of hydrogen-bond donors (Lipinski definition) is 4. The first-order valence-corrected chi connectivity index (χ1v) is 7.73. The van der Waals surface area contributed by atoms with Crippen LogP contribution in [0.5, 0.6) is 0 Å².